The molecule has 1 atom stereocenters. The molecule has 1 unspecified atom stereocenters. The fourth-order valence-electron chi connectivity index (χ4n) is 3.68. The third kappa shape index (κ3) is 3.68. The van der Waals surface area contributed by atoms with Crippen molar-refractivity contribution in [3.8, 4) is 0 Å². The van der Waals surface area contributed by atoms with Crippen molar-refractivity contribution in [1.82, 2.24) is 4.98 Å². The summed E-state index contributed by atoms with van der Waals surface area (Å²) < 4.78 is 39.5. The molecule has 0 aliphatic carbocycles. The van der Waals surface area contributed by atoms with Crippen LogP contribution < -0.4 is 10.2 Å². The van der Waals surface area contributed by atoms with E-state index in [0.717, 1.165) is 23.9 Å². The van der Waals surface area contributed by atoms with Gasteiger partial charge in [0.05, 0.1) is 28.7 Å². The van der Waals surface area contributed by atoms with Crippen LogP contribution in [0.1, 0.15) is 28.4 Å². The number of rotatable bonds is 3. The number of para-hydroxylation sites is 2. The number of carbonyl (C=O) groups is 1. The highest BCUT2D eigenvalue weighted by Gasteiger charge is 2.34. The van der Waals surface area contributed by atoms with Crippen molar-refractivity contribution in [1.29, 1.82) is 0 Å². The fourth-order valence-corrected chi connectivity index (χ4v) is 3.68. The van der Waals surface area contributed by atoms with Gasteiger partial charge in [-0.15, -0.1) is 0 Å². The van der Waals surface area contributed by atoms with Crippen LogP contribution in [0.25, 0.3) is 0 Å². The molecule has 0 radical (unpaired) electrons. The molecule has 1 N–H and O–H groups in total. The lowest BCUT2D eigenvalue weighted by Gasteiger charge is -2.25. The highest BCUT2D eigenvalue weighted by atomic mass is 19.4. The van der Waals surface area contributed by atoms with Gasteiger partial charge in [-0.3, -0.25) is 9.78 Å². The van der Waals surface area contributed by atoms with Gasteiger partial charge in [-0.25, -0.2) is 0 Å². The van der Waals surface area contributed by atoms with Crippen LogP contribution in [0, 0.1) is 0 Å². The Bertz CT molecular complexity index is 1060. The number of hydrogen-bond donors (Lipinski definition) is 1. The van der Waals surface area contributed by atoms with Gasteiger partial charge in [0.25, 0.3) is 5.91 Å². The van der Waals surface area contributed by atoms with Crippen LogP contribution in [-0.4, -0.2) is 16.9 Å². The van der Waals surface area contributed by atoms with Gasteiger partial charge in [0, 0.05) is 17.9 Å². The van der Waals surface area contributed by atoms with E-state index in [-0.39, 0.29) is 17.3 Å². The van der Waals surface area contributed by atoms with E-state index >= 15 is 0 Å². The van der Waals surface area contributed by atoms with Gasteiger partial charge < -0.3 is 10.2 Å². The number of pyridine rings is 1. The number of benzene rings is 2. The molecule has 3 aromatic rings. The van der Waals surface area contributed by atoms with E-state index in [9.17, 15) is 18.0 Å². The summed E-state index contributed by atoms with van der Waals surface area (Å²) in [5, 5.41) is 2.36. The molecular weight excluding hydrogens is 379 g/mol. The number of carbonyl (C=O) groups excluding carboxylic acids is 1. The van der Waals surface area contributed by atoms with Crippen LogP contribution in [0.15, 0.2) is 67.0 Å². The van der Waals surface area contributed by atoms with Crippen LogP contribution in [0.2, 0.25) is 0 Å². The molecule has 2 aromatic carbocycles. The lowest BCUT2D eigenvalue weighted by Crippen LogP contribution is -2.24. The van der Waals surface area contributed by atoms with Crippen molar-refractivity contribution in [3.63, 3.8) is 0 Å². The summed E-state index contributed by atoms with van der Waals surface area (Å²) in [5.41, 5.74) is 1.99. The smallest absolute Gasteiger partial charge is 0.337 e. The van der Waals surface area contributed by atoms with E-state index in [1.165, 1.54) is 30.0 Å². The number of hydrogen-bond acceptors (Lipinski definition) is 3. The van der Waals surface area contributed by atoms with Crippen LogP contribution in [0.4, 0.5) is 30.2 Å². The molecule has 1 aromatic heterocycles. The Labute approximate surface area is 166 Å². The van der Waals surface area contributed by atoms with E-state index < -0.39 is 17.6 Å². The average molecular weight is 397 g/mol. The Hall–Kier alpha value is -3.35. The molecule has 7 heteroatoms. The molecule has 1 amide bonds. The van der Waals surface area contributed by atoms with Crippen molar-refractivity contribution in [2.45, 2.75) is 25.6 Å². The highest BCUT2D eigenvalue weighted by molar-refractivity contribution is 6.05. The maximum absolute atomic E-state index is 13.2. The van der Waals surface area contributed by atoms with Gasteiger partial charge in [0.2, 0.25) is 0 Å². The zero-order valence-electron chi connectivity index (χ0n) is 15.6. The van der Waals surface area contributed by atoms with Crippen LogP contribution in [-0.2, 0) is 12.6 Å². The second kappa shape index (κ2) is 7.24. The summed E-state index contributed by atoms with van der Waals surface area (Å²) in [6.45, 7) is 2.08. The van der Waals surface area contributed by atoms with Crippen LogP contribution in [0.5, 0.6) is 0 Å². The molecule has 29 heavy (non-hydrogen) atoms. The summed E-state index contributed by atoms with van der Waals surface area (Å²) in [6, 6.07) is 14.7. The summed E-state index contributed by atoms with van der Waals surface area (Å²) in [4.78, 5) is 18.9. The van der Waals surface area contributed by atoms with Gasteiger partial charge in [-0.2, -0.15) is 13.2 Å². The van der Waals surface area contributed by atoms with Gasteiger partial charge >= 0.3 is 6.18 Å². The zero-order valence-corrected chi connectivity index (χ0v) is 15.6. The normalized spacial score (nSPS) is 15.9. The van der Waals surface area contributed by atoms with E-state index in [2.05, 4.69) is 28.2 Å². The molecule has 1 aliphatic heterocycles. The minimum Gasteiger partial charge on any atom is -0.337 e. The minimum absolute atomic E-state index is 0.179. The molecular formula is C22H18F3N3O. The molecule has 0 spiro atoms. The molecule has 148 valence electrons. The molecule has 0 bridgehead atoms. The summed E-state index contributed by atoms with van der Waals surface area (Å²) in [7, 11) is 0. The minimum atomic E-state index is -4.56. The summed E-state index contributed by atoms with van der Waals surface area (Å²) in [6.07, 6.45) is -0.690. The molecule has 4 nitrogen and oxygen atoms in total. The number of nitrogens with zero attached hydrogens (tertiary/aromatic N) is 2. The zero-order chi connectivity index (χ0) is 20.6. The molecule has 1 aliphatic rings. The second-order valence-corrected chi connectivity index (χ2v) is 6.98. The van der Waals surface area contributed by atoms with E-state index in [1.54, 1.807) is 12.3 Å². The van der Waals surface area contributed by atoms with Crippen molar-refractivity contribution >= 4 is 23.0 Å². The standard InChI is InChI=1S/C22H18F3N3O/c1-14-10-15-6-2-5-9-20(15)28(14)17-11-16(12-26-13-17)21(29)27-19-8-4-3-7-18(19)22(23,24)25/h2-9,11-14H,10H2,1H3,(H,27,29). The first-order valence-electron chi connectivity index (χ1n) is 9.14. The second-order valence-electron chi connectivity index (χ2n) is 6.98. The Morgan fingerprint density at radius 3 is 2.62 bits per heavy atom. The van der Waals surface area contributed by atoms with Crippen molar-refractivity contribution in [3.05, 3.63) is 83.7 Å². The molecule has 0 saturated heterocycles. The number of alkyl halides is 3. The third-order valence-electron chi connectivity index (χ3n) is 4.95. The quantitative estimate of drug-likeness (QED) is 0.641. The van der Waals surface area contributed by atoms with Crippen molar-refractivity contribution in [2.24, 2.45) is 0 Å². The Morgan fingerprint density at radius 2 is 1.83 bits per heavy atom. The molecule has 4 rings (SSSR count). The summed E-state index contributed by atoms with van der Waals surface area (Å²) in [5.74, 6) is -0.642. The molecule has 2 heterocycles. The van der Waals surface area contributed by atoms with Crippen molar-refractivity contribution in [2.75, 3.05) is 10.2 Å². The fraction of sp³-hybridized carbons (Fsp3) is 0.182. The van der Waals surface area contributed by atoms with E-state index in [4.69, 9.17) is 0 Å². The highest BCUT2D eigenvalue weighted by Crippen LogP contribution is 2.38. The lowest BCUT2D eigenvalue weighted by molar-refractivity contribution is -0.136. The topological polar surface area (TPSA) is 45.2 Å². The monoisotopic (exact) mass is 397 g/mol. The Kier molecular flexibility index (Phi) is 4.74. The molecule has 0 saturated carbocycles. The first kappa shape index (κ1) is 19.0. The van der Waals surface area contributed by atoms with E-state index in [1.807, 2.05) is 18.2 Å². The largest absolute Gasteiger partial charge is 0.418 e. The maximum Gasteiger partial charge on any atom is 0.418 e. The SMILES string of the molecule is CC1Cc2ccccc2N1c1cncc(C(=O)Nc2ccccc2C(F)(F)F)c1. The van der Waals surface area contributed by atoms with Gasteiger partial charge in [-0.1, -0.05) is 30.3 Å². The van der Waals surface area contributed by atoms with Crippen LogP contribution in [0.3, 0.4) is 0 Å². The molecule has 0 fully saturated rings. The van der Waals surface area contributed by atoms with Gasteiger partial charge in [0.1, 0.15) is 0 Å². The first-order chi connectivity index (χ1) is 13.8. The Morgan fingerprint density at radius 1 is 1.10 bits per heavy atom. The number of halogens is 3. The van der Waals surface area contributed by atoms with E-state index in [0.29, 0.717) is 0 Å². The maximum atomic E-state index is 13.2. The third-order valence-corrected chi connectivity index (χ3v) is 4.95. The number of anilines is 3. The number of amides is 1. The average Bonchev–Trinajstić information content (AvgIpc) is 3.03. The first-order valence-corrected chi connectivity index (χ1v) is 9.14. The predicted molar refractivity (Wildman–Crippen MR) is 105 cm³/mol. The lowest BCUT2D eigenvalue weighted by atomic mass is 10.1. The van der Waals surface area contributed by atoms with Gasteiger partial charge in [0.15, 0.2) is 0 Å². The number of fused-ring (bicyclic) bond motifs is 1. The number of nitrogens with one attached hydrogen (secondary N) is 1. The summed E-state index contributed by atoms with van der Waals surface area (Å²) >= 11 is 0. The predicted octanol–water partition coefficient (Wildman–Crippen LogP) is 5.44. The van der Waals surface area contributed by atoms with Gasteiger partial charge in [-0.05, 0) is 43.2 Å². The number of aromatic nitrogens is 1. The van der Waals surface area contributed by atoms with Crippen molar-refractivity contribution < 1.29 is 18.0 Å². The Balaban J connectivity index is 1.63. The van der Waals surface area contributed by atoms with Crippen LogP contribution >= 0.6 is 0 Å².